The first-order valence-electron chi connectivity index (χ1n) is 5.21. The van der Waals surface area contributed by atoms with Gasteiger partial charge in [0.15, 0.2) is 0 Å². The second-order valence-corrected chi connectivity index (χ2v) is 3.52. The van der Waals surface area contributed by atoms with Crippen LogP contribution in [0, 0.1) is 0 Å². The Bertz CT molecular complexity index is 165. The highest BCUT2D eigenvalue weighted by Crippen LogP contribution is 2.09. The molecule has 0 aromatic rings. The Morgan fingerprint density at radius 1 is 1.54 bits per heavy atom. The molecular weight excluding hydrogens is 165 g/mol. The summed E-state index contributed by atoms with van der Waals surface area (Å²) < 4.78 is 5.33. The van der Waals surface area contributed by atoms with Gasteiger partial charge in [0.2, 0.25) is 0 Å². The molecule has 0 aliphatic carbocycles. The van der Waals surface area contributed by atoms with Crippen molar-refractivity contribution >= 4 is 12.9 Å². The summed E-state index contributed by atoms with van der Waals surface area (Å²) in [6.07, 6.45) is 3.84. The highest BCUT2D eigenvalue weighted by atomic mass is 16.5. The quantitative estimate of drug-likeness (QED) is 0.667. The molecule has 0 aromatic carbocycles. The van der Waals surface area contributed by atoms with Crippen molar-refractivity contribution in [3.8, 4) is 0 Å². The Hall–Kier alpha value is -0.505. The summed E-state index contributed by atoms with van der Waals surface area (Å²) in [6.45, 7) is 5.14. The molecule has 3 nitrogen and oxygen atoms in total. The number of hydrogen-bond acceptors (Lipinski definition) is 3. The van der Waals surface area contributed by atoms with E-state index in [2.05, 4.69) is 5.32 Å². The van der Waals surface area contributed by atoms with Crippen LogP contribution in [0.5, 0.6) is 0 Å². The minimum absolute atomic E-state index is 0.0411. The molecule has 1 N–H and O–H groups in total. The number of carbonyl (C=O) groups excluding carboxylic acids is 1. The Morgan fingerprint density at radius 3 is 2.69 bits per heavy atom. The van der Waals surface area contributed by atoms with Crippen LogP contribution in [0.15, 0.2) is 0 Å². The molecule has 0 amide bonds. The molecule has 1 fully saturated rings. The van der Waals surface area contributed by atoms with E-state index in [-0.39, 0.29) is 18.9 Å². The molecule has 0 unspecified atom stereocenters. The smallest absolute Gasteiger partial charge is 0.361 e. The van der Waals surface area contributed by atoms with Gasteiger partial charge in [0.05, 0.1) is 0 Å². The molecule has 1 rings (SSSR count). The van der Waals surface area contributed by atoms with Crippen molar-refractivity contribution in [3.05, 3.63) is 0 Å². The van der Waals surface area contributed by atoms with Gasteiger partial charge in [0.25, 0.3) is 0 Å². The lowest BCUT2D eigenvalue weighted by molar-refractivity contribution is -0.136. The first kappa shape index (κ1) is 10.6. The maximum absolute atomic E-state index is 11.5. The van der Waals surface area contributed by atoms with Gasteiger partial charge in [-0.05, 0) is 32.0 Å². The molecule has 0 spiro atoms. The number of nitrogens with one attached hydrogen (secondary N) is 1. The maximum atomic E-state index is 11.5. The van der Waals surface area contributed by atoms with Gasteiger partial charge in [0, 0.05) is 0 Å². The molecule has 0 radical (unpaired) electrons. The molecule has 0 bridgehead atoms. The first-order valence-corrected chi connectivity index (χ1v) is 5.21. The van der Waals surface area contributed by atoms with Gasteiger partial charge in [-0.3, -0.25) is 4.79 Å². The van der Waals surface area contributed by atoms with Gasteiger partial charge in [-0.15, -0.1) is 0 Å². The summed E-state index contributed by atoms with van der Waals surface area (Å²) in [5.74, 6) is -0.0637. The topological polar surface area (TPSA) is 38.3 Å². The summed E-state index contributed by atoms with van der Waals surface area (Å²) in [4.78, 5) is 11.5. The van der Waals surface area contributed by atoms with Gasteiger partial charge in [-0.2, -0.15) is 0 Å². The van der Waals surface area contributed by atoms with Gasteiger partial charge < -0.3 is 9.97 Å². The third-order valence-electron chi connectivity index (χ3n) is 2.54. The number of rotatable bonds is 4. The Balaban J connectivity index is 2.30. The number of carbonyl (C=O) groups is 1. The van der Waals surface area contributed by atoms with E-state index in [9.17, 15) is 4.79 Å². The molecule has 13 heavy (non-hydrogen) atoms. The Labute approximate surface area is 80.3 Å². The summed E-state index contributed by atoms with van der Waals surface area (Å²) in [7, 11) is 0. The van der Waals surface area contributed by atoms with Gasteiger partial charge in [-0.1, -0.05) is 13.8 Å². The average molecular weight is 183 g/mol. The highest BCUT2D eigenvalue weighted by Gasteiger charge is 2.26. The van der Waals surface area contributed by atoms with Crippen LogP contribution in [0.2, 0.25) is 12.6 Å². The molecule has 1 heterocycles. The SMILES string of the molecule is CCB(CC)OC(=O)[C@@H]1CCCN1. The third kappa shape index (κ3) is 3.03. The monoisotopic (exact) mass is 183 g/mol. The predicted molar refractivity (Wildman–Crippen MR) is 53.8 cm³/mol. The lowest BCUT2D eigenvalue weighted by atomic mass is 9.62. The molecule has 74 valence electrons. The fourth-order valence-electron chi connectivity index (χ4n) is 1.59. The summed E-state index contributed by atoms with van der Waals surface area (Å²) >= 11 is 0. The molecule has 0 saturated carbocycles. The van der Waals surface area contributed by atoms with E-state index in [1.807, 2.05) is 13.8 Å². The standard InChI is InChI=1S/C9H18BNO2/c1-3-10(4-2)13-9(12)8-6-5-7-11-8/h8,11H,3-7H2,1-2H3/t8-/m0/s1. The van der Waals surface area contributed by atoms with Crippen LogP contribution in [-0.4, -0.2) is 25.5 Å². The first-order chi connectivity index (χ1) is 6.27. The fraction of sp³-hybridized carbons (Fsp3) is 0.889. The Kier molecular flexibility index (Phi) is 4.29. The van der Waals surface area contributed by atoms with Gasteiger partial charge >= 0.3 is 12.9 Å². The Morgan fingerprint density at radius 2 is 2.23 bits per heavy atom. The van der Waals surface area contributed by atoms with Crippen LogP contribution in [0.4, 0.5) is 0 Å². The van der Waals surface area contributed by atoms with E-state index in [1.165, 1.54) is 0 Å². The zero-order valence-corrected chi connectivity index (χ0v) is 8.51. The van der Waals surface area contributed by atoms with Crippen LogP contribution in [0.25, 0.3) is 0 Å². The van der Waals surface area contributed by atoms with Crippen molar-refractivity contribution in [3.63, 3.8) is 0 Å². The van der Waals surface area contributed by atoms with Crippen LogP contribution in [0.1, 0.15) is 26.7 Å². The van der Waals surface area contributed by atoms with Crippen molar-refractivity contribution in [1.29, 1.82) is 0 Å². The summed E-state index contributed by atoms with van der Waals surface area (Å²) in [6, 6.07) is -0.0411. The predicted octanol–water partition coefficient (Wildman–Crippen LogP) is 1.31. The van der Waals surface area contributed by atoms with Gasteiger partial charge in [-0.25, -0.2) is 0 Å². The molecule has 0 aromatic heterocycles. The van der Waals surface area contributed by atoms with E-state index in [0.717, 1.165) is 32.0 Å². The second kappa shape index (κ2) is 5.27. The lowest BCUT2D eigenvalue weighted by Crippen LogP contribution is -2.36. The van der Waals surface area contributed by atoms with Crippen molar-refractivity contribution in [2.45, 2.75) is 45.4 Å². The maximum Gasteiger partial charge on any atom is 0.361 e. The molecule has 4 heteroatoms. The second-order valence-electron chi connectivity index (χ2n) is 3.52. The molecule has 1 atom stereocenters. The van der Waals surface area contributed by atoms with Crippen molar-refractivity contribution in [2.75, 3.05) is 6.54 Å². The highest BCUT2D eigenvalue weighted by molar-refractivity contribution is 6.53. The normalized spacial score (nSPS) is 21.5. The molecule has 1 aliphatic heterocycles. The van der Waals surface area contributed by atoms with Crippen molar-refractivity contribution in [1.82, 2.24) is 5.32 Å². The molecule has 1 saturated heterocycles. The summed E-state index contributed by atoms with van der Waals surface area (Å²) in [5, 5.41) is 3.14. The molecular formula is C9H18BNO2. The van der Waals surface area contributed by atoms with Crippen LogP contribution in [0.3, 0.4) is 0 Å². The minimum Gasteiger partial charge on any atom is -0.535 e. The minimum atomic E-state index is -0.0637. The van der Waals surface area contributed by atoms with Crippen LogP contribution >= 0.6 is 0 Å². The zero-order valence-electron chi connectivity index (χ0n) is 8.51. The van der Waals surface area contributed by atoms with Crippen molar-refractivity contribution in [2.24, 2.45) is 0 Å². The molecule has 1 aliphatic rings. The van der Waals surface area contributed by atoms with Crippen molar-refractivity contribution < 1.29 is 9.45 Å². The third-order valence-corrected chi connectivity index (χ3v) is 2.54. The van der Waals surface area contributed by atoms with E-state index >= 15 is 0 Å². The zero-order chi connectivity index (χ0) is 9.68. The van der Waals surface area contributed by atoms with Crippen LogP contribution in [-0.2, 0) is 9.45 Å². The van der Waals surface area contributed by atoms with Crippen LogP contribution < -0.4 is 5.32 Å². The fourth-order valence-corrected chi connectivity index (χ4v) is 1.59. The van der Waals surface area contributed by atoms with E-state index in [1.54, 1.807) is 0 Å². The van der Waals surface area contributed by atoms with E-state index in [4.69, 9.17) is 4.65 Å². The van der Waals surface area contributed by atoms with Gasteiger partial charge in [0.1, 0.15) is 6.04 Å². The summed E-state index contributed by atoms with van der Waals surface area (Å²) in [5.41, 5.74) is 0. The largest absolute Gasteiger partial charge is 0.535 e. The lowest BCUT2D eigenvalue weighted by Gasteiger charge is -2.14. The van der Waals surface area contributed by atoms with E-state index < -0.39 is 0 Å². The average Bonchev–Trinajstić information content (AvgIpc) is 2.66. The van der Waals surface area contributed by atoms with E-state index in [0.29, 0.717) is 0 Å². The number of hydrogen-bond donors (Lipinski definition) is 1.